The van der Waals surface area contributed by atoms with Crippen LogP contribution in [0.5, 0.6) is 5.75 Å². The lowest BCUT2D eigenvalue weighted by molar-refractivity contribution is 0.303. The summed E-state index contributed by atoms with van der Waals surface area (Å²) in [6.45, 7) is 0.568. The molecule has 4 rings (SSSR count). The van der Waals surface area contributed by atoms with Crippen molar-refractivity contribution < 1.29 is 4.74 Å². The molecule has 4 heteroatoms. The van der Waals surface area contributed by atoms with Crippen LogP contribution in [-0.4, -0.2) is 9.97 Å². The standard InChI is InChI=1S/C21H17BrN2O/c22-18-11-19-17(12-23-21(19)24-13-18)10-16-8-4-5-9-20(16)25-14-15-6-2-1-3-7-15/h1-9,11-13H,10,14H2,(H,23,24). The van der Waals surface area contributed by atoms with Gasteiger partial charge < -0.3 is 9.72 Å². The molecule has 0 atom stereocenters. The Morgan fingerprint density at radius 1 is 0.960 bits per heavy atom. The van der Waals surface area contributed by atoms with E-state index in [0.29, 0.717) is 6.61 Å². The van der Waals surface area contributed by atoms with E-state index in [1.165, 1.54) is 11.1 Å². The molecule has 0 saturated carbocycles. The van der Waals surface area contributed by atoms with E-state index < -0.39 is 0 Å². The highest BCUT2D eigenvalue weighted by Crippen LogP contribution is 2.27. The van der Waals surface area contributed by atoms with Crippen LogP contribution in [0.4, 0.5) is 0 Å². The normalized spacial score (nSPS) is 10.9. The van der Waals surface area contributed by atoms with Crippen molar-refractivity contribution >= 4 is 27.0 Å². The quantitative estimate of drug-likeness (QED) is 0.487. The molecule has 25 heavy (non-hydrogen) atoms. The summed E-state index contributed by atoms with van der Waals surface area (Å²) < 4.78 is 7.05. The molecule has 0 aliphatic carbocycles. The maximum atomic E-state index is 6.07. The Kier molecular flexibility index (Phi) is 4.53. The molecule has 124 valence electrons. The molecule has 0 saturated heterocycles. The van der Waals surface area contributed by atoms with E-state index in [4.69, 9.17) is 4.74 Å². The lowest BCUT2D eigenvalue weighted by Gasteiger charge is -2.11. The molecule has 2 aromatic carbocycles. The van der Waals surface area contributed by atoms with Crippen molar-refractivity contribution in [1.29, 1.82) is 0 Å². The number of benzene rings is 2. The Hall–Kier alpha value is -2.59. The zero-order valence-corrected chi connectivity index (χ0v) is 15.2. The van der Waals surface area contributed by atoms with Gasteiger partial charge in [-0.25, -0.2) is 4.98 Å². The molecule has 3 nitrogen and oxygen atoms in total. The van der Waals surface area contributed by atoms with Crippen molar-refractivity contribution in [2.75, 3.05) is 0 Å². The van der Waals surface area contributed by atoms with Gasteiger partial charge in [-0.3, -0.25) is 0 Å². The number of pyridine rings is 1. The van der Waals surface area contributed by atoms with E-state index in [0.717, 1.165) is 33.2 Å². The van der Waals surface area contributed by atoms with Gasteiger partial charge in [-0.15, -0.1) is 0 Å². The fourth-order valence-electron chi connectivity index (χ4n) is 2.91. The Bertz CT molecular complexity index is 995. The Morgan fingerprint density at radius 3 is 2.64 bits per heavy atom. The molecular weight excluding hydrogens is 376 g/mol. The number of rotatable bonds is 5. The molecule has 0 aliphatic rings. The molecule has 0 radical (unpaired) electrons. The van der Waals surface area contributed by atoms with E-state index in [-0.39, 0.29) is 0 Å². The average molecular weight is 393 g/mol. The van der Waals surface area contributed by atoms with Gasteiger partial charge in [0.05, 0.1) is 0 Å². The van der Waals surface area contributed by atoms with Crippen molar-refractivity contribution in [3.05, 3.63) is 94.2 Å². The molecule has 0 amide bonds. The number of halogens is 1. The minimum atomic E-state index is 0.568. The Morgan fingerprint density at radius 2 is 1.76 bits per heavy atom. The number of nitrogens with one attached hydrogen (secondary N) is 1. The Labute approximate surface area is 154 Å². The third-order valence-electron chi connectivity index (χ3n) is 4.17. The van der Waals surface area contributed by atoms with Gasteiger partial charge in [-0.1, -0.05) is 48.5 Å². The average Bonchev–Trinajstić information content (AvgIpc) is 3.04. The van der Waals surface area contributed by atoms with Gasteiger partial charge in [0.15, 0.2) is 0 Å². The Balaban J connectivity index is 1.59. The van der Waals surface area contributed by atoms with Crippen LogP contribution in [0.1, 0.15) is 16.7 Å². The minimum Gasteiger partial charge on any atom is -0.489 e. The summed E-state index contributed by atoms with van der Waals surface area (Å²) in [6.07, 6.45) is 4.63. The van der Waals surface area contributed by atoms with Crippen molar-refractivity contribution in [2.45, 2.75) is 13.0 Å². The first-order chi connectivity index (χ1) is 12.3. The van der Waals surface area contributed by atoms with Crippen LogP contribution in [0.15, 0.2) is 77.5 Å². The van der Waals surface area contributed by atoms with Crippen LogP contribution >= 0.6 is 15.9 Å². The predicted molar refractivity (Wildman–Crippen MR) is 104 cm³/mol. The lowest BCUT2D eigenvalue weighted by atomic mass is 10.0. The smallest absolute Gasteiger partial charge is 0.137 e. The highest BCUT2D eigenvalue weighted by atomic mass is 79.9. The van der Waals surface area contributed by atoms with Crippen LogP contribution in [0.3, 0.4) is 0 Å². The molecule has 0 aliphatic heterocycles. The summed E-state index contributed by atoms with van der Waals surface area (Å²) >= 11 is 3.50. The third kappa shape index (κ3) is 3.59. The highest BCUT2D eigenvalue weighted by molar-refractivity contribution is 9.10. The number of ether oxygens (including phenoxy) is 1. The van der Waals surface area contributed by atoms with Gasteiger partial charge in [-0.2, -0.15) is 0 Å². The zero-order chi connectivity index (χ0) is 17.1. The van der Waals surface area contributed by atoms with Crippen LogP contribution in [0.2, 0.25) is 0 Å². The van der Waals surface area contributed by atoms with Gasteiger partial charge in [-0.05, 0) is 44.8 Å². The second-order valence-electron chi connectivity index (χ2n) is 5.92. The second-order valence-corrected chi connectivity index (χ2v) is 6.84. The zero-order valence-electron chi connectivity index (χ0n) is 13.6. The highest BCUT2D eigenvalue weighted by Gasteiger charge is 2.10. The van der Waals surface area contributed by atoms with Gasteiger partial charge in [0.2, 0.25) is 0 Å². The van der Waals surface area contributed by atoms with Gasteiger partial charge in [0.1, 0.15) is 18.0 Å². The molecular formula is C21H17BrN2O. The summed E-state index contributed by atoms with van der Waals surface area (Å²) in [4.78, 5) is 7.65. The molecule has 0 bridgehead atoms. The van der Waals surface area contributed by atoms with Crippen LogP contribution in [0, 0.1) is 0 Å². The number of aromatic amines is 1. The fourth-order valence-corrected chi connectivity index (χ4v) is 3.24. The predicted octanol–water partition coefficient (Wildman–Crippen LogP) is 5.50. The summed E-state index contributed by atoms with van der Waals surface area (Å²) in [5.74, 6) is 0.920. The number of hydrogen-bond acceptors (Lipinski definition) is 2. The SMILES string of the molecule is Brc1cnc2[nH]cc(Cc3ccccc3OCc3ccccc3)c2c1. The number of para-hydroxylation sites is 1. The van der Waals surface area contributed by atoms with E-state index in [2.05, 4.69) is 50.2 Å². The number of H-pyrrole nitrogens is 1. The molecule has 0 spiro atoms. The monoisotopic (exact) mass is 392 g/mol. The van der Waals surface area contributed by atoms with E-state index in [1.54, 1.807) is 6.20 Å². The van der Waals surface area contributed by atoms with E-state index in [1.807, 2.05) is 42.6 Å². The molecule has 4 aromatic rings. The summed E-state index contributed by atoms with van der Waals surface area (Å²) in [6, 6.07) is 20.5. The van der Waals surface area contributed by atoms with Gasteiger partial charge in [0.25, 0.3) is 0 Å². The van der Waals surface area contributed by atoms with Crippen LogP contribution in [0.25, 0.3) is 11.0 Å². The van der Waals surface area contributed by atoms with Crippen molar-refractivity contribution in [3.63, 3.8) is 0 Å². The third-order valence-corrected chi connectivity index (χ3v) is 4.61. The maximum absolute atomic E-state index is 6.07. The maximum Gasteiger partial charge on any atom is 0.137 e. The molecule has 0 fully saturated rings. The van der Waals surface area contributed by atoms with E-state index in [9.17, 15) is 0 Å². The number of aromatic nitrogens is 2. The minimum absolute atomic E-state index is 0.568. The fraction of sp³-hybridized carbons (Fsp3) is 0.0952. The van der Waals surface area contributed by atoms with Gasteiger partial charge >= 0.3 is 0 Å². The molecule has 2 aromatic heterocycles. The van der Waals surface area contributed by atoms with Crippen LogP contribution in [-0.2, 0) is 13.0 Å². The van der Waals surface area contributed by atoms with Gasteiger partial charge in [0, 0.05) is 28.7 Å². The summed E-state index contributed by atoms with van der Waals surface area (Å²) in [5, 5.41) is 1.13. The van der Waals surface area contributed by atoms with E-state index >= 15 is 0 Å². The first-order valence-corrected chi connectivity index (χ1v) is 8.95. The molecule has 0 unspecified atom stereocenters. The van der Waals surface area contributed by atoms with Crippen molar-refractivity contribution in [1.82, 2.24) is 9.97 Å². The second kappa shape index (κ2) is 7.11. The lowest BCUT2D eigenvalue weighted by Crippen LogP contribution is -1.99. The summed E-state index contributed by atoms with van der Waals surface area (Å²) in [5.41, 5.74) is 4.44. The molecule has 2 heterocycles. The van der Waals surface area contributed by atoms with Crippen LogP contribution < -0.4 is 4.74 Å². The van der Waals surface area contributed by atoms with Crippen molar-refractivity contribution in [3.8, 4) is 5.75 Å². The number of nitrogens with zero attached hydrogens (tertiary/aromatic N) is 1. The summed E-state index contributed by atoms with van der Waals surface area (Å²) in [7, 11) is 0. The topological polar surface area (TPSA) is 37.9 Å². The van der Waals surface area contributed by atoms with Crippen molar-refractivity contribution in [2.24, 2.45) is 0 Å². The number of fused-ring (bicyclic) bond motifs is 1. The first kappa shape index (κ1) is 15.9. The first-order valence-electron chi connectivity index (χ1n) is 8.16. The largest absolute Gasteiger partial charge is 0.489 e. The molecule has 1 N–H and O–H groups in total. The number of hydrogen-bond donors (Lipinski definition) is 1.